The van der Waals surface area contributed by atoms with Crippen LogP contribution in [0.25, 0.3) is 0 Å². The Labute approximate surface area is 312 Å². The molecule has 5 unspecified atom stereocenters. The number of piperidine rings is 1. The van der Waals surface area contributed by atoms with E-state index < -0.39 is 12.2 Å². The molecule has 3 saturated heterocycles. The lowest BCUT2D eigenvalue weighted by Gasteiger charge is -2.51. The minimum atomic E-state index is -1.08. The quantitative estimate of drug-likeness (QED) is 0.263. The molecule has 2 aliphatic carbocycles. The molecule has 5 fully saturated rings. The fourth-order valence-electron chi connectivity index (χ4n) is 11.3. The smallest absolute Gasteiger partial charge is 0.259 e. The normalized spacial score (nSPS) is 32.9. The van der Waals surface area contributed by atoms with Gasteiger partial charge in [0, 0.05) is 51.2 Å². The number of hydrogen-bond donors (Lipinski definition) is 4. The van der Waals surface area contributed by atoms with Crippen LogP contribution in [0.2, 0.25) is 0 Å². The van der Waals surface area contributed by atoms with Crippen LogP contribution < -0.4 is 21.7 Å². The number of alkyl halides is 1. The molecule has 1 aromatic heterocycles. The summed E-state index contributed by atoms with van der Waals surface area (Å²) < 4.78 is 17.7. The number of amides is 2. The molecule has 2 saturated carbocycles. The van der Waals surface area contributed by atoms with E-state index in [1.807, 2.05) is 0 Å². The lowest BCUT2D eigenvalue weighted by atomic mass is 9.74. The fraction of sp³-hybridized carbons (Fsp3) is 0.878. The molecular weight excluding hydrogens is 656 g/mol. The van der Waals surface area contributed by atoms with Crippen LogP contribution in [-0.4, -0.2) is 95.0 Å². The Hall–Kier alpha value is -2.40. The predicted octanol–water partition coefficient (Wildman–Crippen LogP) is 6.82. The molecule has 0 aromatic carbocycles. The SMILES string of the molecule is Nc1nn2c(c1C(=O)NC1CNCC(C3CCCCCCCCC3)C1N1CCN3C(=O)CC[C@H]3C1)NCC(F)C2C1CCCCCCCCCCC1. The zero-order chi connectivity index (χ0) is 35.9. The molecule has 292 valence electrons. The van der Waals surface area contributed by atoms with Gasteiger partial charge >= 0.3 is 0 Å². The van der Waals surface area contributed by atoms with E-state index >= 15 is 4.39 Å². The Kier molecular flexibility index (Phi) is 13.3. The van der Waals surface area contributed by atoms with Gasteiger partial charge in [-0.15, -0.1) is 0 Å². The third kappa shape index (κ3) is 8.76. The van der Waals surface area contributed by atoms with Gasteiger partial charge in [-0.2, -0.15) is 5.10 Å². The van der Waals surface area contributed by atoms with E-state index in [2.05, 4.69) is 25.8 Å². The second-order valence-electron chi connectivity index (χ2n) is 17.4. The molecule has 4 aliphatic heterocycles. The van der Waals surface area contributed by atoms with Crippen molar-refractivity contribution in [2.75, 3.05) is 50.3 Å². The predicted molar refractivity (Wildman–Crippen MR) is 206 cm³/mol. The van der Waals surface area contributed by atoms with Crippen LogP contribution in [0.15, 0.2) is 0 Å². The van der Waals surface area contributed by atoms with Crippen LogP contribution in [-0.2, 0) is 4.79 Å². The van der Waals surface area contributed by atoms with Gasteiger partial charge in [0.25, 0.3) is 5.91 Å². The average molecular weight is 725 g/mol. The number of anilines is 2. The highest BCUT2D eigenvalue weighted by molar-refractivity contribution is 6.03. The van der Waals surface area contributed by atoms with Gasteiger partial charge in [-0.05, 0) is 43.6 Å². The monoisotopic (exact) mass is 725 g/mol. The van der Waals surface area contributed by atoms with Crippen LogP contribution in [0.5, 0.6) is 0 Å². The number of fused-ring (bicyclic) bond motifs is 2. The van der Waals surface area contributed by atoms with E-state index in [4.69, 9.17) is 10.8 Å². The summed E-state index contributed by atoms with van der Waals surface area (Å²) in [5.41, 5.74) is 7.01. The van der Waals surface area contributed by atoms with Gasteiger partial charge in [0.2, 0.25) is 5.91 Å². The maximum absolute atomic E-state index is 16.0. The maximum atomic E-state index is 16.0. The molecule has 52 heavy (non-hydrogen) atoms. The summed E-state index contributed by atoms with van der Waals surface area (Å²) in [7, 11) is 0. The number of hydrogen-bond acceptors (Lipinski definition) is 7. The summed E-state index contributed by atoms with van der Waals surface area (Å²) in [6.07, 6.45) is 25.3. The first-order valence-corrected chi connectivity index (χ1v) is 21.8. The maximum Gasteiger partial charge on any atom is 0.259 e. The summed E-state index contributed by atoms with van der Waals surface area (Å²) in [4.78, 5) is 31.9. The van der Waals surface area contributed by atoms with E-state index in [0.29, 0.717) is 42.1 Å². The van der Waals surface area contributed by atoms with Gasteiger partial charge in [0.15, 0.2) is 5.82 Å². The van der Waals surface area contributed by atoms with Gasteiger partial charge in [0.05, 0.1) is 12.1 Å². The van der Waals surface area contributed by atoms with Crippen LogP contribution in [0.1, 0.15) is 158 Å². The van der Waals surface area contributed by atoms with Crippen molar-refractivity contribution in [3.63, 3.8) is 0 Å². The lowest BCUT2D eigenvalue weighted by molar-refractivity contribution is -0.131. The topological polar surface area (TPSA) is 121 Å². The first-order valence-electron chi connectivity index (χ1n) is 21.8. The highest BCUT2D eigenvalue weighted by Crippen LogP contribution is 2.41. The molecule has 10 nitrogen and oxygen atoms in total. The van der Waals surface area contributed by atoms with Crippen molar-refractivity contribution in [2.45, 2.75) is 172 Å². The lowest BCUT2D eigenvalue weighted by Crippen LogP contribution is -2.68. The fourth-order valence-corrected chi connectivity index (χ4v) is 11.3. The summed E-state index contributed by atoms with van der Waals surface area (Å²) in [5, 5.41) is 15.3. The van der Waals surface area contributed by atoms with E-state index in [9.17, 15) is 9.59 Å². The number of carbonyl (C=O) groups is 2. The second kappa shape index (κ2) is 18.3. The van der Waals surface area contributed by atoms with Gasteiger partial charge in [-0.1, -0.05) is 116 Å². The third-order valence-electron chi connectivity index (χ3n) is 14.0. The Morgan fingerprint density at radius 1 is 0.750 bits per heavy atom. The second-order valence-corrected chi connectivity index (χ2v) is 17.4. The van der Waals surface area contributed by atoms with E-state index in [0.717, 1.165) is 58.3 Å². The standard InChI is InChI=1S/C41H69FN8O2/c42-33-26-45-40-36(39(43)47-50(40)37(33)30-19-15-11-5-2-1-3-6-12-16-20-30)41(52)46-34-27-44-25-32(29-17-13-9-7-4-8-10-14-18-29)38(34)48-23-24-49-31(28-48)21-22-35(49)51/h29-34,37-38,44-45H,1-28H2,(H2,43,47)(H,46,52)/t31-,32?,33?,34?,37?,38?/m0/s1. The zero-order valence-electron chi connectivity index (χ0n) is 32.0. The molecule has 2 amide bonds. The Balaban J connectivity index is 1.12. The number of rotatable bonds is 5. The number of halogens is 1. The van der Waals surface area contributed by atoms with Crippen LogP contribution in [0, 0.1) is 17.8 Å². The van der Waals surface area contributed by atoms with Crippen molar-refractivity contribution < 1.29 is 14.0 Å². The highest BCUT2D eigenvalue weighted by atomic mass is 19.1. The summed E-state index contributed by atoms with van der Waals surface area (Å²) >= 11 is 0. The van der Waals surface area contributed by atoms with Crippen LogP contribution >= 0.6 is 0 Å². The van der Waals surface area contributed by atoms with Crippen molar-refractivity contribution >= 4 is 23.5 Å². The van der Waals surface area contributed by atoms with Gasteiger partial charge in [0.1, 0.15) is 17.6 Å². The van der Waals surface area contributed by atoms with Gasteiger partial charge in [-0.25, -0.2) is 9.07 Å². The van der Waals surface area contributed by atoms with E-state index in [1.54, 1.807) is 4.68 Å². The van der Waals surface area contributed by atoms with Crippen molar-refractivity contribution in [1.29, 1.82) is 0 Å². The number of nitrogens with two attached hydrogens (primary N) is 1. The molecule has 1 aromatic rings. The number of piperazine rings is 1. The molecule has 0 radical (unpaired) electrons. The molecule has 6 aliphatic rings. The Bertz CT molecular complexity index is 1300. The van der Waals surface area contributed by atoms with Crippen LogP contribution in [0.4, 0.5) is 16.0 Å². The van der Waals surface area contributed by atoms with Crippen molar-refractivity contribution in [2.24, 2.45) is 17.8 Å². The number of nitrogen functional groups attached to an aromatic ring is 1. The van der Waals surface area contributed by atoms with Gasteiger partial charge in [-0.3, -0.25) is 14.5 Å². The molecule has 5 heterocycles. The third-order valence-corrected chi connectivity index (χ3v) is 14.0. The van der Waals surface area contributed by atoms with Gasteiger partial charge < -0.3 is 26.6 Å². The summed E-state index contributed by atoms with van der Waals surface area (Å²) in [5.74, 6) is 2.05. The number of aromatic nitrogens is 2. The molecular formula is C41H69FN8O2. The number of carbonyl (C=O) groups excluding carboxylic acids is 2. The summed E-state index contributed by atoms with van der Waals surface area (Å²) in [6.45, 7) is 4.31. The first-order chi connectivity index (χ1) is 25.5. The first kappa shape index (κ1) is 37.9. The number of nitrogens with zero attached hydrogens (tertiary/aromatic N) is 4. The van der Waals surface area contributed by atoms with Crippen molar-refractivity contribution in [3.05, 3.63) is 5.56 Å². The largest absolute Gasteiger partial charge is 0.381 e. The molecule has 5 N–H and O–H groups in total. The zero-order valence-corrected chi connectivity index (χ0v) is 32.0. The molecule has 0 bridgehead atoms. The van der Waals surface area contributed by atoms with Crippen molar-refractivity contribution in [3.8, 4) is 0 Å². The number of nitrogens with one attached hydrogen (secondary N) is 3. The average Bonchev–Trinajstić information content (AvgIpc) is 3.69. The Morgan fingerprint density at radius 3 is 1.98 bits per heavy atom. The van der Waals surface area contributed by atoms with Crippen molar-refractivity contribution in [1.82, 2.24) is 30.2 Å². The minimum Gasteiger partial charge on any atom is -0.381 e. The minimum absolute atomic E-state index is 0.111. The molecule has 0 spiro atoms. The van der Waals surface area contributed by atoms with Crippen LogP contribution in [0.3, 0.4) is 0 Å². The molecule has 6 atom stereocenters. The molecule has 7 rings (SSSR count). The highest BCUT2D eigenvalue weighted by Gasteiger charge is 2.46. The van der Waals surface area contributed by atoms with E-state index in [1.165, 1.54) is 103 Å². The molecule has 11 heteroatoms. The summed E-state index contributed by atoms with van der Waals surface area (Å²) in [6, 6.07) is -0.0775. The van der Waals surface area contributed by atoms with E-state index in [-0.39, 0.29) is 42.3 Å². The Morgan fingerprint density at radius 2 is 1.35 bits per heavy atom.